The highest BCUT2D eigenvalue weighted by Crippen LogP contribution is 2.25. The van der Waals surface area contributed by atoms with E-state index >= 15 is 0 Å². The Bertz CT molecular complexity index is 433. The van der Waals surface area contributed by atoms with Crippen molar-refractivity contribution >= 4 is 23.3 Å². The molecule has 2 rings (SSSR count). The molecule has 0 aromatic carbocycles. The van der Waals surface area contributed by atoms with Gasteiger partial charge in [0.15, 0.2) is 5.15 Å². The fraction of sp³-hybridized carbons (Fsp3) is 0.286. The molecule has 0 saturated carbocycles. The van der Waals surface area contributed by atoms with Crippen molar-refractivity contribution in [3.8, 4) is 11.4 Å². The Labute approximate surface area is 84.5 Å². The largest absolute Gasteiger partial charge is 0.266 e. The second kappa shape index (κ2) is 3.08. The van der Waals surface area contributed by atoms with E-state index in [1.54, 1.807) is 4.68 Å². The summed E-state index contributed by atoms with van der Waals surface area (Å²) in [7, 11) is 1.86. The summed E-state index contributed by atoms with van der Waals surface area (Å²) in [5.74, 6) is 0. The molecule has 2 aromatic heterocycles. The number of aromatic nitrogens is 4. The van der Waals surface area contributed by atoms with Gasteiger partial charge in [-0.2, -0.15) is 13.8 Å². The second-order valence-corrected chi connectivity index (χ2v) is 3.58. The first kappa shape index (κ1) is 8.65. The van der Waals surface area contributed by atoms with Gasteiger partial charge < -0.3 is 0 Å². The zero-order valence-electron chi connectivity index (χ0n) is 7.15. The van der Waals surface area contributed by atoms with Crippen LogP contribution >= 0.6 is 23.3 Å². The van der Waals surface area contributed by atoms with Crippen molar-refractivity contribution in [1.29, 1.82) is 0 Å². The smallest absolute Gasteiger partial charge is 0.172 e. The zero-order valence-corrected chi connectivity index (χ0v) is 8.72. The van der Waals surface area contributed by atoms with Crippen molar-refractivity contribution in [2.24, 2.45) is 7.05 Å². The van der Waals surface area contributed by atoms with Gasteiger partial charge in [-0.25, -0.2) is 0 Å². The number of rotatable bonds is 1. The number of nitrogens with zero attached hydrogens (tertiary/aromatic N) is 4. The van der Waals surface area contributed by atoms with Crippen LogP contribution in [0.1, 0.15) is 5.69 Å². The molecular formula is C7H7ClN4S. The maximum Gasteiger partial charge on any atom is 0.172 e. The first-order valence-electron chi connectivity index (χ1n) is 3.67. The first-order chi connectivity index (χ1) is 6.18. The topological polar surface area (TPSA) is 43.6 Å². The van der Waals surface area contributed by atoms with E-state index in [0.717, 1.165) is 23.1 Å². The first-order valence-corrected chi connectivity index (χ1v) is 4.78. The van der Waals surface area contributed by atoms with Crippen LogP contribution in [0.3, 0.4) is 0 Å². The van der Waals surface area contributed by atoms with Crippen LogP contribution in [0.2, 0.25) is 5.15 Å². The van der Waals surface area contributed by atoms with E-state index in [1.165, 1.54) is 0 Å². The molecule has 0 fully saturated rings. The van der Waals surface area contributed by atoms with Crippen molar-refractivity contribution in [2.75, 3.05) is 0 Å². The van der Waals surface area contributed by atoms with Gasteiger partial charge in [0.05, 0.1) is 23.1 Å². The normalized spacial score (nSPS) is 10.7. The maximum absolute atomic E-state index is 5.85. The summed E-state index contributed by atoms with van der Waals surface area (Å²) in [6, 6.07) is 1.93. The van der Waals surface area contributed by atoms with Crippen LogP contribution in [0.4, 0.5) is 0 Å². The summed E-state index contributed by atoms with van der Waals surface area (Å²) in [5, 5.41) is 4.64. The third kappa shape index (κ3) is 1.45. The van der Waals surface area contributed by atoms with Gasteiger partial charge >= 0.3 is 0 Å². The van der Waals surface area contributed by atoms with E-state index in [-0.39, 0.29) is 0 Å². The third-order valence-corrected chi connectivity index (χ3v) is 2.59. The monoisotopic (exact) mass is 214 g/mol. The molecule has 0 N–H and O–H groups in total. The zero-order chi connectivity index (χ0) is 9.42. The molecule has 0 amide bonds. The second-order valence-electron chi connectivity index (χ2n) is 2.70. The fourth-order valence-corrected chi connectivity index (χ4v) is 1.91. The minimum absolute atomic E-state index is 0.438. The molecule has 0 radical (unpaired) electrons. The van der Waals surface area contributed by atoms with Crippen LogP contribution in [0, 0.1) is 6.92 Å². The van der Waals surface area contributed by atoms with Gasteiger partial charge in [0.1, 0.15) is 5.69 Å². The quantitative estimate of drug-likeness (QED) is 0.728. The molecule has 0 atom stereocenters. The maximum atomic E-state index is 5.85. The van der Waals surface area contributed by atoms with Crippen molar-refractivity contribution in [3.63, 3.8) is 0 Å². The lowest BCUT2D eigenvalue weighted by Crippen LogP contribution is -1.93. The highest BCUT2D eigenvalue weighted by Gasteiger charge is 2.12. The summed E-state index contributed by atoms with van der Waals surface area (Å²) in [6.07, 6.45) is 0. The Hall–Kier alpha value is -0.940. The van der Waals surface area contributed by atoms with Crippen LogP contribution in [0.25, 0.3) is 11.4 Å². The number of halogens is 1. The van der Waals surface area contributed by atoms with Crippen LogP contribution in [0.5, 0.6) is 0 Å². The van der Waals surface area contributed by atoms with Gasteiger partial charge in [0.25, 0.3) is 0 Å². The number of hydrogen-bond acceptors (Lipinski definition) is 4. The van der Waals surface area contributed by atoms with E-state index in [0.29, 0.717) is 10.8 Å². The van der Waals surface area contributed by atoms with Gasteiger partial charge in [0, 0.05) is 7.05 Å². The van der Waals surface area contributed by atoms with E-state index in [1.807, 2.05) is 20.0 Å². The van der Waals surface area contributed by atoms with Gasteiger partial charge in [-0.15, -0.1) is 0 Å². The van der Waals surface area contributed by atoms with Gasteiger partial charge in [-0.1, -0.05) is 11.6 Å². The van der Waals surface area contributed by atoms with Gasteiger partial charge in [0.2, 0.25) is 0 Å². The van der Waals surface area contributed by atoms with Gasteiger partial charge in [-0.3, -0.25) is 4.68 Å². The summed E-state index contributed by atoms with van der Waals surface area (Å²) in [4.78, 5) is 0. The van der Waals surface area contributed by atoms with Crippen molar-refractivity contribution in [2.45, 2.75) is 6.92 Å². The lowest BCUT2D eigenvalue weighted by molar-refractivity contribution is 0.762. The molecule has 6 heteroatoms. The predicted molar refractivity (Wildman–Crippen MR) is 51.9 cm³/mol. The van der Waals surface area contributed by atoms with E-state index in [9.17, 15) is 0 Å². The Balaban J connectivity index is 2.58. The summed E-state index contributed by atoms with van der Waals surface area (Å²) in [6.45, 7) is 1.93. The molecule has 0 bridgehead atoms. The molecule has 0 aliphatic carbocycles. The van der Waals surface area contributed by atoms with E-state index in [4.69, 9.17) is 11.6 Å². The molecule has 0 spiro atoms. The van der Waals surface area contributed by atoms with E-state index in [2.05, 4.69) is 13.8 Å². The highest BCUT2D eigenvalue weighted by atomic mass is 35.5. The van der Waals surface area contributed by atoms with Crippen LogP contribution in [-0.2, 0) is 7.05 Å². The van der Waals surface area contributed by atoms with Crippen LogP contribution < -0.4 is 0 Å². The predicted octanol–water partition coefficient (Wildman–Crippen LogP) is 1.90. The molecule has 2 aromatic rings. The molecule has 4 nitrogen and oxygen atoms in total. The Morgan fingerprint density at radius 1 is 1.46 bits per heavy atom. The molecule has 13 heavy (non-hydrogen) atoms. The van der Waals surface area contributed by atoms with Gasteiger partial charge in [-0.05, 0) is 13.0 Å². The standard InChI is InChI=1S/C7H7ClN4S/c1-4-3-5(12(2)9-4)6-7(8)11-13-10-6/h3H,1-2H3. The van der Waals surface area contributed by atoms with Crippen molar-refractivity contribution < 1.29 is 0 Å². The lowest BCUT2D eigenvalue weighted by Gasteiger charge is -1.95. The number of aryl methyl sites for hydroxylation is 2. The molecule has 68 valence electrons. The molecule has 0 unspecified atom stereocenters. The van der Waals surface area contributed by atoms with Crippen molar-refractivity contribution in [3.05, 3.63) is 16.9 Å². The van der Waals surface area contributed by atoms with E-state index < -0.39 is 0 Å². The van der Waals surface area contributed by atoms with Crippen LogP contribution in [-0.4, -0.2) is 18.5 Å². The summed E-state index contributed by atoms with van der Waals surface area (Å²) >= 11 is 6.96. The molecule has 0 saturated heterocycles. The number of hydrogen-bond donors (Lipinski definition) is 0. The van der Waals surface area contributed by atoms with Crippen LogP contribution in [0.15, 0.2) is 6.07 Å². The van der Waals surface area contributed by atoms with Crippen molar-refractivity contribution in [1.82, 2.24) is 18.5 Å². The molecule has 2 heterocycles. The molecule has 0 aliphatic rings. The Kier molecular flexibility index (Phi) is 2.05. The minimum atomic E-state index is 0.438. The average molecular weight is 215 g/mol. The Morgan fingerprint density at radius 2 is 2.23 bits per heavy atom. The minimum Gasteiger partial charge on any atom is -0.266 e. The highest BCUT2D eigenvalue weighted by molar-refractivity contribution is 6.99. The average Bonchev–Trinajstić information content (AvgIpc) is 2.58. The summed E-state index contributed by atoms with van der Waals surface area (Å²) < 4.78 is 9.74. The molecular weight excluding hydrogens is 208 g/mol. The third-order valence-electron chi connectivity index (χ3n) is 1.69. The molecule has 0 aliphatic heterocycles. The summed E-state index contributed by atoms with van der Waals surface area (Å²) in [5.41, 5.74) is 2.55. The SMILES string of the molecule is Cc1cc(-c2nsnc2Cl)n(C)n1. The lowest BCUT2D eigenvalue weighted by atomic mass is 10.3. The Morgan fingerprint density at radius 3 is 2.69 bits per heavy atom. The fourth-order valence-electron chi connectivity index (χ4n) is 1.16.